The molecule has 1 aliphatic rings. The van der Waals surface area contributed by atoms with Crippen LogP contribution in [0.1, 0.15) is 25.8 Å². The molecule has 1 fully saturated rings. The molecule has 1 aliphatic heterocycles. The van der Waals surface area contributed by atoms with Crippen LogP contribution >= 0.6 is 0 Å². The highest BCUT2D eigenvalue weighted by Crippen LogP contribution is 2.29. The summed E-state index contributed by atoms with van der Waals surface area (Å²) in [5.74, 6) is 1.03. The maximum absolute atomic E-state index is 12.5. The summed E-state index contributed by atoms with van der Waals surface area (Å²) in [6, 6.07) is 4.54. The Bertz CT molecular complexity index is 503. The van der Waals surface area contributed by atoms with Gasteiger partial charge in [-0.1, -0.05) is 13.8 Å². The standard InChI is InChI=1S/C16H21F3N2O/c1-11-7-12(2)9-21(8-11)10-15(22)20-14-5-3-13(4-6-14)16(17,18)19/h3-6,11-12H,7-10H2,1-2H3,(H,20,22)/p+1/t11-,12-/m1/s1. The van der Waals surface area contributed by atoms with Gasteiger partial charge in [0, 0.05) is 17.5 Å². The lowest BCUT2D eigenvalue weighted by molar-refractivity contribution is -0.904. The molecule has 122 valence electrons. The number of rotatable bonds is 3. The van der Waals surface area contributed by atoms with Crippen molar-refractivity contribution >= 4 is 11.6 Å². The van der Waals surface area contributed by atoms with Crippen LogP contribution in [-0.2, 0) is 11.0 Å². The molecule has 0 radical (unpaired) electrons. The average Bonchev–Trinajstić information content (AvgIpc) is 2.36. The van der Waals surface area contributed by atoms with Gasteiger partial charge in [-0.15, -0.1) is 0 Å². The van der Waals surface area contributed by atoms with Crippen LogP contribution in [-0.4, -0.2) is 25.5 Å². The maximum Gasteiger partial charge on any atom is 0.416 e. The lowest BCUT2D eigenvalue weighted by Crippen LogP contribution is -3.15. The number of likely N-dealkylation sites (tertiary alicyclic amines) is 1. The topological polar surface area (TPSA) is 33.5 Å². The molecular weight excluding hydrogens is 293 g/mol. The van der Waals surface area contributed by atoms with E-state index in [0.29, 0.717) is 24.1 Å². The predicted octanol–water partition coefficient (Wildman–Crippen LogP) is 2.20. The first kappa shape index (κ1) is 16.8. The fraction of sp³-hybridized carbons (Fsp3) is 0.562. The zero-order valence-electron chi connectivity index (χ0n) is 12.8. The summed E-state index contributed by atoms with van der Waals surface area (Å²) in [6.45, 7) is 6.65. The summed E-state index contributed by atoms with van der Waals surface area (Å²) in [5.41, 5.74) is -0.315. The van der Waals surface area contributed by atoms with E-state index in [0.717, 1.165) is 25.2 Å². The number of benzene rings is 1. The third kappa shape index (κ3) is 4.73. The Morgan fingerprint density at radius 1 is 1.18 bits per heavy atom. The van der Waals surface area contributed by atoms with Crippen molar-refractivity contribution in [3.8, 4) is 0 Å². The highest BCUT2D eigenvalue weighted by atomic mass is 19.4. The second kappa shape index (κ2) is 6.69. The Hall–Kier alpha value is -1.56. The molecule has 0 aliphatic carbocycles. The maximum atomic E-state index is 12.5. The Morgan fingerprint density at radius 2 is 1.73 bits per heavy atom. The SMILES string of the molecule is C[C@@H]1C[C@@H](C)C[NH+](CC(=O)Nc2ccc(C(F)(F)F)cc2)C1. The third-order valence-electron chi connectivity index (χ3n) is 3.99. The van der Waals surface area contributed by atoms with Crippen LogP contribution in [0.25, 0.3) is 0 Å². The van der Waals surface area contributed by atoms with Crippen LogP contribution in [0.15, 0.2) is 24.3 Å². The second-order valence-corrected chi connectivity index (χ2v) is 6.40. The minimum Gasteiger partial charge on any atom is -0.327 e. The number of quaternary nitrogens is 1. The van der Waals surface area contributed by atoms with E-state index in [9.17, 15) is 18.0 Å². The summed E-state index contributed by atoms with van der Waals surface area (Å²) in [7, 11) is 0. The van der Waals surface area contributed by atoms with Gasteiger partial charge in [-0.2, -0.15) is 13.2 Å². The minimum absolute atomic E-state index is 0.156. The molecule has 1 saturated heterocycles. The van der Waals surface area contributed by atoms with E-state index >= 15 is 0 Å². The van der Waals surface area contributed by atoms with Crippen molar-refractivity contribution in [2.45, 2.75) is 26.4 Å². The van der Waals surface area contributed by atoms with Gasteiger partial charge in [0.15, 0.2) is 6.54 Å². The summed E-state index contributed by atoms with van der Waals surface area (Å²) < 4.78 is 37.4. The van der Waals surface area contributed by atoms with Crippen LogP contribution in [0.3, 0.4) is 0 Å². The number of piperidine rings is 1. The lowest BCUT2D eigenvalue weighted by Gasteiger charge is -2.31. The predicted molar refractivity (Wildman–Crippen MR) is 78.6 cm³/mol. The molecule has 1 heterocycles. The summed E-state index contributed by atoms with van der Waals surface area (Å²) in [5, 5.41) is 2.67. The first-order chi connectivity index (χ1) is 10.2. The van der Waals surface area contributed by atoms with E-state index in [1.54, 1.807) is 0 Å². The Balaban J connectivity index is 1.89. The number of alkyl halides is 3. The van der Waals surface area contributed by atoms with E-state index in [4.69, 9.17) is 0 Å². The van der Waals surface area contributed by atoms with Crippen molar-refractivity contribution in [2.75, 3.05) is 25.0 Å². The van der Waals surface area contributed by atoms with Crippen LogP contribution in [0.2, 0.25) is 0 Å². The molecule has 22 heavy (non-hydrogen) atoms. The van der Waals surface area contributed by atoms with Gasteiger partial charge in [0.05, 0.1) is 18.7 Å². The van der Waals surface area contributed by atoms with E-state index in [-0.39, 0.29) is 5.91 Å². The van der Waals surface area contributed by atoms with Crippen LogP contribution in [0.4, 0.5) is 18.9 Å². The van der Waals surface area contributed by atoms with Crippen LogP contribution in [0, 0.1) is 11.8 Å². The molecule has 0 aromatic heterocycles. The van der Waals surface area contributed by atoms with Crippen molar-refractivity contribution < 1.29 is 22.9 Å². The van der Waals surface area contributed by atoms with Crippen LogP contribution in [0.5, 0.6) is 0 Å². The first-order valence-corrected chi connectivity index (χ1v) is 7.54. The zero-order chi connectivity index (χ0) is 16.3. The van der Waals surface area contributed by atoms with Crippen LogP contribution < -0.4 is 10.2 Å². The highest BCUT2D eigenvalue weighted by molar-refractivity contribution is 5.91. The van der Waals surface area contributed by atoms with E-state index in [2.05, 4.69) is 19.2 Å². The van der Waals surface area contributed by atoms with Gasteiger partial charge in [-0.3, -0.25) is 4.79 Å². The van der Waals surface area contributed by atoms with Crippen molar-refractivity contribution in [1.29, 1.82) is 0 Å². The van der Waals surface area contributed by atoms with E-state index < -0.39 is 11.7 Å². The zero-order valence-corrected chi connectivity index (χ0v) is 12.8. The average molecular weight is 315 g/mol. The number of amides is 1. The molecule has 0 unspecified atom stereocenters. The summed E-state index contributed by atoms with van der Waals surface area (Å²) in [4.78, 5) is 13.3. The van der Waals surface area contributed by atoms with E-state index in [1.807, 2.05) is 0 Å². The molecule has 0 spiro atoms. The molecule has 1 amide bonds. The molecule has 2 rings (SSSR count). The van der Waals surface area contributed by atoms with Crippen molar-refractivity contribution in [3.63, 3.8) is 0 Å². The number of carbonyl (C=O) groups is 1. The number of halogens is 3. The van der Waals surface area contributed by atoms with Gasteiger partial charge < -0.3 is 10.2 Å². The van der Waals surface area contributed by atoms with Gasteiger partial charge in [-0.05, 0) is 30.7 Å². The molecule has 2 atom stereocenters. The largest absolute Gasteiger partial charge is 0.416 e. The van der Waals surface area contributed by atoms with Gasteiger partial charge in [-0.25, -0.2) is 0 Å². The van der Waals surface area contributed by atoms with Gasteiger partial charge >= 0.3 is 6.18 Å². The van der Waals surface area contributed by atoms with Gasteiger partial charge in [0.2, 0.25) is 0 Å². The smallest absolute Gasteiger partial charge is 0.327 e. The molecule has 6 heteroatoms. The fourth-order valence-corrected chi connectivity index (χ4v) is 3.24. The fourth-order valence-electron chi connectivity index (χ4n) is 3.24. The molecule has 3 nitrogen and oxygen atoms in total. The molecule has 1 aromatic carbocycles. The summed E-state index contributed by atoms with van der Waals surface area (Å²) in [6.07, 6.45) is -3.17. The summed E-state index contributed by atoms with van der Waals surface area (Å²) >= 11 is 0. The van der Waals surface area contributed by atoms with Crippen molar-refractivity contribution in [3.05, 3.63) is 29.8 Å². The quantitative estimate of drug-likeness (QED) is 0.881. The van der Waals surface area contributed by atoms with Crippen molar-refractivity contribution in [2.24, 2.45) is 11.8 Å². The molecule has 2 N–H and O–H groups in total. The van der Waals surface area contributed by atoms with Crippen molar-refractivity contribution in [1.82, 2.24) is 0 Å². The normalized spacial score (nSPS) is 25.8. The lowest BCUT2D eigenvalue weighted by atomic mass is 9.92. The monoisotopic (exact) mass is 315 g/mol. The minimum atomic E-state index is -4.35. The Morgan fingerprint density at radius 3 is 2.23 bits per heavy atom. The third-order valence-corrected chi connectivity index (χ3v) is 3.99. The van der Waals surface area contributed by atoms with Gasteiger partial charge in [0.1, 0.15) is 0 Å². The number of carbonyl (C=O) groups excluding carboxylic acids is 1. The Labute approximate surface area is 128 Å². The molecule has 1 aromatic rings. The number of hydrogen-bond donors (Lipinski definition) is 2. The van der Waals surface area contributed by atoms with E-state index in [1.165, 1.54) is 23.5 Å². The highest BCUT2D eigenvalue weighted by Gasteiger charge is 2.30. The second-order valence-electron chi connectivity index (χ2n) is 6.40. The molecular formula is C16H22F3N2O+. The number of anilines is 1. The first-order valence-electron chi connectivity index (χ1n) is 7.54. The molecule has 0 bridgehead atoms. The Kier molecular flexibility index (Phi) is 5.11. The number of nitrogens with one attached hydrogen (secondary N) is 2. The number of hydrogen-bond acceptors (Lipinski definition) is 1. The molecule has 0 saturated carbocycles. The van der Waals surface area contributed by atoms with Gasteiger partial charge in [0.25, 0.3) is 5.91 Å².